The van der Waals surface area contributed by atoms with Crippen LogP contribution >= 0.6 is 11.8 Å². The van der Waals surface area contributed by atoms with Crippen molar-refractivity contribution in [2.24, 2.45) is 0 Å². The average Bonchev–Trinajstić information content (AvgIpc) is 2.28. The predicted octanol–water partition coefficient (Wildman–Crippen LogP) is 2.82. The third-order valence-electron chi connectivity index (χ3n) is 2.47. The minimum atomic E-state index is 0.372. The highest BCUT2D eigenvalue weighted by Crippen LogP contribution is 2.17. The second-order valence-corrected chi connectivity index (χ2v) is 4.58. The molecule has 0 saturated heterocycles. The zero-order valence-corrected chi connectivity index (χ0v) is 10.8. The first kappa shape index (κ1) is 12.9. The molecule has 1 heterocycles. The van der Waals surface area contributed by atoms with Crippen molar-refractivity contribution in [1.82, 2.24) is 4.98 Å². The molecule has 0 spiro atoms. The maximum Gasteiger partial charge on any atom is 0.144 e. The highest BCUT2D eigenvalue weighted by Gasteiger charge is 2.10. The lowest BCUT2D eigenvalue weighted by Crippen LogP contribution is -2.22. The molecule has 1 atom stereocenters. The van der Waals surface area contributed by atoms with Crippen LogP contribution in [0.4, 0.5) is 5.82 Å². The third-order valence-corrected chi connectivity index (χ3v) is 3.21. The van der Waals surface area contributed by atoms with Gasteiger partial charge in [0, 0.05) is 18.0 Å². The van der Waals surface area contributed by atoms with E-state index in [1.54, 1.807) is 18.0 Å². The summed E-state index contributed by atoms with van der Waals surface area (Å²) in [6.45, 7) is 4.07. The fourth-order valence-corrected chi connectivity index (χ4v) is 2.19. The minimum absolute atomic E-state index is 0.372. The van der Waals surface area contributed by atoms with Crippen LogP contribution in [0.1, 0.15) is 24.5 Å². The number of nitrogens with zero attached hydrogens (tertiary/aromatic N) is 2. The van der Waals surface area contributed by atoms with E-state index in [0.29, 0.717) is 17.4 Å². The Morgan fingerprint density at radius 1 is 1.62 bits per heavy atom. The summed E-state index contributed by atoms with van der Waals surface area (Å²) >= 11 is 1.80. The molecular weight excluding hydrogens is 218 g/mol. The summed E-state index contributed by atoms with van der Waals surface area (Å²) in [6, 6.07) is 4.44. The second kappa shape index (κ2) is 6.39. The summed E-state index contributed by atoms with van der Waals surface area (Å²) in [5.74, 6) is 1.74. The van der Waals surface area contributed by atoms with Gasteiger partial charge in [-0.25, -0.2) is 4.98 Å². The molecule has 1 aromatic rings. The van der Waals surface area contributed by atoms with Crippen LogP contribution in [0.2, 0.25) is 0 Å². The molecule has 16 heavy (non-hydrogen) atoms. The number of nitrogens with one attached hydrogen (secondary N) is 1. The van der Waals surface area contributed by atoms with Crippen molar-refractivity contribution in [2.75, 3.05) is 17.3 Å². The summed E-state index contributed by atoms with van der Waals surface area (Å²) in [7, 11) is 0. The van der Waals surface area contributed by atoms with E-state index in [9.17, 15) is 0 Å². The van der Waals surface area contributed by atoms with Gasteiger partial charge < -0.3 is 5.32 Å². The number of nitriles is 1. The van der Waals surface area contributed by atoms with E-state index in [4.69, 9.17) is 5.26 Å². The number of thioether (sulfide) groups is 1. The maximum atomic E-state index is 9.08. The zero-order chi connectivity index (χ0) is 12.0. The topological polar surface area (TPSA) is 48.7 Å². The van der Waals surface area contributed by atoms with Gasteiger partial charge in [0.15, 0.2) is 0 Å². The van der Waals surface area contributed by atoms with Crippen molar-refractivity contribution in [2.45, 2.75) is 26.3 Å². The molecule has 1 unspecified atom stereocenters. The lowest BCUT2D eigenvalue weighted by Gasteiger charge is -2.17. The molecule has 0 aliphatic carbocycles. The van der Waals surface area contributed by atoms with E-state index in [2.05, 4.69) is 29.5 Å². The Morgan fingerprint density at radius 2 is 2.38 bits per heavy atom. The summed E-state index contributed by atoms with van der Waals surface area (Å²) in [4.78, 5) is 4.24. The minimum Gasteiger partial charge on any atom is -0.365 e. The van der Waals surface area contributed by atoms with Gasteiger partial charge in [-0.15, -0.1) is 0 Å². The van der Waals surface area contributed by atoms with Crippen molar-refractivity contribution in [3.8, 4) is 6.07 Å². The van der Waals surface area contributed by atoms with E-state index in [0.717, 1.165) is 17.7 Å². The quantitative estimate of drug-likeness (QED) is 0.852. The largest absolute Gasteiger partial charge is 0.365 e. The summed E-state index contributed by atoms with van der Waals surface area (Å²) in [5.41, 5.74) is 1.63. The molecule has 0 amide bonds. The average molecular weight is 235 g/mol. The van der Waals surface area contributed by atoms with E-state index >= 15 is 0 Å². The van der Waals surface area contributed by atoms with Crippen molar-refractivity contribution >= 4 is 17.6 Å². The van der Waals surface area contributed by atoms with Gasteiger partial charge in [0.1, 0.15) is 11.9 Å². The number of rotatable bonds is 5. The molecule has 0 bridgehead atoms. The van der Waals surface area contributed by atoms with Gasteiger partial charge in [-0.05, 0) is 31.2 Å². The fraction of sp³-hybridized carbons (Fsp3) is 0.500. The second-order valence-electron chi connectivity index (χ2n) is 3.67. The van der Waals surface area contributed by atoms with Gasteiger partial charge in [0.25, 0.3) is 0 Å². The Bertz CT molecular complexity index is 384. The Balaban J connectivity index is 2.88. The standard InChI is InChI=1S/C12H17N3S/c1-4-10(8-16-3)15-12-11(7-13)9(2)5-6-14-12/h5-6,10H,4,8H2,1-3H3,(H,14,15). The fourth-order valence-electron chi connectivity index (χ4n) is 1.46. The highest BCUT2D eigenvalue weighted by molar-refractivity contribution is 7.98. The molecule has 0 aliphatic rings. The Morgan fingerprint density at radius 3 is 2.94 bits per heavy atom. The van der Waals surface area contributed by atoms with Crippen LogP contribution in [0.15, 0.2) is 12.3 Å². The van der Waals surface area contributed by atoms with Crippen LogP contribution in [-0.2, 0) is 0 Å². The van der Waals surface area contributed by atoms with Gasteiger partial charge in [-0.1, -0.05) is 6.92 Å². The van der Waals surface area contributed by atoms with E-state index < -0.39 is 0 Å². The van der Waals surface area contributed by atoms with Crippen LogP contribution < -0.4 is 5.32 Å². The number of hydrogen-bond donors (Lipinski definition) is 1. The first-order valence-electron chi connectivity index (χ1n) is 5.34. The SMILES string of the molecule is CCC(CSC)Nc1nccc(C)c1C#N. The monoisotopic (exact) mass is 235 g/mol. The third kappa shape index (κ3) is 3.14. The lowest BCUT2D eigenvalue weighted by atomic mass is 10.1. The molecule has 1 rings (SSSR count). The van der Waals surface area contributed by atoms with Crippen LogP contribution in [0.25, 0.3) is 0 Å². The molecule has 0 fully saturated rings. The molecule has 86 valence electrons. The number of pyridine rings is 1. The van der Waals surface area contributed by atoms with Gasteiger partial charge in [0.05, 0.1) is 5.56 Å². The predicted molar refractivity (Wildman–Crippen MR) is 69.8 cm³/mol. The van der Waals surface area contributed by atoms with Crippen LogP contribution in [0.5, 0.6) is 0 Å². The van der Waals surface area contributed by atoms with Crippen LogP contribution in [-0.4, -0.2) is 23.0 Å². The van der Waals surface area contributed by atoms with Gasteiger partial charge in [-0.3, -0.25) is 0 Å². The van der Waals surface area contributed by atoms with E-state index in [1.807, 2.05) is 13.0 Å². The van der Waals surface area contributed by atoms with Crippen molar-refractivity contribution in [3.05, 3.63) is 23.4 Å². The zero-order valence-electron chi connectivity index (χ0n) is 9.95. The Labute approximate surface area is 101 Å². The molecule has 0 saturated carbocycles. The maximum absolute atomic E-state index is 9.08. The molecular formula is C12H17N3S. The summed E-state index contributed by atoms with van der Waals surface area (Å²) in [5, 5.41) is 12.4. The van der Waals surface area contributed by atoms with Crippen LogP contribution in [0.3, 0.4) is 0 Å². The van der Waals surface area contributed by atoms with Crippen molar-refractivity contribution in [1.29, 1.82) is 5.26 Å². The molecule has 1 aromatic heterocycles. The molecule has 3 nitrogen and oxygen atoms in total. The number of hydrogen-bond acceptors (Lipinski definition) is 4. The molecule has 0 aliphatic heterocycles. The molecule has 0 aromatic carbocycles. The van der Waals surface area contributed by atoms with E-state index in [1.165, 1.54) is 0 Å². The highest BCUT2D eigenvalue weighted by atomic mass is 32.2. The normalized spacial score (nSPS) is 11.9. The van der Waals surface area contributed by atoms with E-state index in [-0.39, 0.29) is 0 Å². The van der Waals surface area contributed by atoms with Gasteiger partial charge in [0.2, 0.25) is 0 Å². The van der Waals surface area contributed by atoms with Crippen molar-refractivity contribution < 1.29 is 0 Å². The Hall–Kier alpha value is -1.21. The summed E-state index contributed by atoms with van der Waals surface area (Å²) < 4.78 is 0. The van der Waals surface area contributed by atoms with Crippen molar-refractivity contribution in [3.63, 3.8) is 0 Å². The first-order valence-corrected chi connectivity index (χ1v) is 6.73. The molecule has 0 radical (unpaired) electrons. The first-order chi connectivity index (χ1) is 7.72. The number of aryl methyl sites for hydroxylation is 1. The molecule has 1 N–H and O–H groups in total. The van der Waals surface area contributed by atoms with Crippen LogP contribution in [0, 0.1) is 18.3 Å². The molecule has 4 heteroatoms. The lowest BCUT2D eigenvalue weighted by molar-refractivity contribution is 0.769. The Kier molecular flexibility index (Phi) is 5.13. The number of aromatic nitrogens is 1. The smallest absolute Gasteiger partial charge is 0.144 e. The van der Waals surface area contributed by atoms with Gasteiger partial charge >= 0.3 is 0 Å². The van der Waals surface area contributed by atoms with Gasteiger partial charge in [-0.2, -0.15) is 17.0 Å². The number of anilines is 1. The summed E-state index contributed by atoms with van der Waals surface area (Å²) in [6.07, 6.45) is 4.85.